The highest BCUT2D eigenvalue weighted by Gasteiger charge is 2.13. The minimum atomic E-state index is -0.901. The summed E-state index contributed by atoms with van der Waals surface area (Å²) >= 11 is 0. The van der Waals surface area contributed by atoms with E-state index in [1.807, 2.05) is 24.4 Å². The fourth-order valence-electron chi connectivity index (χ4n) is 1.45. The van der Waals surface area contributed by atoms with Gasteiger partial charge in [0.1, 0.15) is 5.58 Å². The fourth-order valence-corrected chi connectivity index (χ4v) is 1.45. The van der Waals surface area contributed by atoms with Gasteiger partial charge in [0, 0.05) is 5.39 Å². The molecule has 16 heavy (non-hydrogen) atoms. The molecular weight excluding hydrogens is 208 g/mol. The van der Waals surface area contributed by atoms with Crippen molar-refractivity contribution in [3.63, 3.8) is 0 Å². The van der Waals surface area contributed by atoms with E-state index in [4.69, 9.17) is 10.2 Å². The Morgan fingerprint density at radius 1 is 1.31 bits per heavy atom. The molecule has 0 aliphatic heterocycles. The lowest BCUT2D eigenvalue weighted by atomic mass is 10.2. The number of amides is 3. The van der Waals surface area contributed by atoms with Crippen LogP contribution < -0.4 is 11.1 Å². The predicted octanol–water partition coefficient (Wildman–Crippen LogP) is 1.55. The summed E-state index contributed by atoms with van der Waals surface area (Å²) in [5.41, 5.74) is 6.50. The zero-order chi connectivity index (χ0) is 11.7. The summed E-state index contributed by atoms with van der Waals surface area (Å²) in [6.07, 6.45) is 0. The van der Waals surface area contributed by atoms with Gasteiger partial charge in [0.2, 0.25) is 0 Å². The molecule has 2 rings (SSSR count). The van der Waals surface area contributed by atoms with Crippen LogP contribution in [-0.4, -0.2) is 11.9 Å². The Kier molecular flexibility index (Phi) is 2.36. The van der Waals surface area contributed by atoms with Crippen molar-refractivity contribution in [3.05, 3.63) is 35.6 Å². The Morgan fingerprint density at radius 3 is 2.75 bits per heavy atom. The van der Waals surface area contributed by atoms with Gasteiger partial charge in [-0.25, -0.2) is 4.79 Å². The molecule has 2 aromatic rings. The van der Waals surface area contributed by atoms with Crippen LogP contribution in [0.2, 0.25) is 0 Å². The van der Waals surface area contributed by atoms with Gasteiger partial charge in [0.25, 0.3) is 5.91 Å². The van der Waals surface area contributed by atoms with Crippen LogP contribution in [0.25, 0.3) is 11.0 Å². The second-order valence-electron chi connectivity index (χ2n) is 3.47. The Balaban J connectivity index is 2.39. The number of rotatable bonds is 1. The first-order valence-corrected chi connectivity index (χ1v) is 4.67. The highest BCUT2D eigenvalue weighted by molar-refractivity contribution is 6.04. The van der Waals surface area contributed by atoms with Gasteiger partial charge in [-0.15, -0.1) is 0 Å². The topological polar surface area (TPSA) is 85.3 Å². The molecule has 0 saturated heterocycles. The molecule has 0 bridgehead atoms. The third-order valence-corrected chi connectivity index (χ3v) is 2.13. The Labute approximate surface area is 91.2 Å². The van der Waals surface area contributed by atoms with Gasteiger partial charge in [0.05, 0.1) is 0 Å². The predicted molar refractivity (Wildman–Crippen MR) is 58.0 cm³/mol. The third kappa shape index (κ3) is 1.88. The SMILES string of the molecule is Cc1ccc2oc(C(=O)NC(N)=O)cc2c1. The van der Waals surface area contributed by atoms with Crippen molar-refractivity contribution in [3.8, 4) is 0 Å². The normalized spacial score (nSPS) is 10.3. The minimum absolute atomic E-state index is 0.0689. The van der Waals surface area contributed by atoms with Gasteiger partial charge >= 0.3 is 6.03 Å². The maximum Gasteiger partial charge on any atom is 0.319 e. The van der Waals surface area contributed by atoms with E-state index in [2.05, 4.69) is 0 Å². The molecule has 3 N–H and O–H groups in total. The molecule has 0 spiro atoms. The summed E-state index contributed by atoms with van der Waals surface area (Å²) in [5, 5.41) is 2.76. The highest BCUT2D eigenvalue weighted by Crippen LogP contribution is 2.20. The quantitative estimate of drug-likeness (QED) is 0.761. The van der Waals surface area contributed by atoms with Crippen LogP contribution in [0.15, 0.2) is 28.7 Å². The van der Waals surface area contributed by atoms with E-state index in [9.17, 15) is 9.59 Å². The summed E-state index contributed by atoms with van der Waals surface area (Å²) in [5.74, 6) is -0.569. The third-order valence-electron chi connectivity index (χ3n) is 2.13. The number of urea groups is 1. The van der Waals surface area contributed by atoms with E-state index in [0.717, 1.165) is 10.9 Å². The van der Waals surface area contributed by atoms with Gasteiger partial charge in [-0.05, 0) is 25.1 Å². The maximum atomic E-state index is 11.4. The van der Waals surface area contributed by atoms with Crippen LogP contribution in [0, 0.1) is 6.92 Å². The maximum absolute atomic E-state index is 11.4. The molecule has 1 aromatic heterocycles. The first-order valence-electron chi connectivity index (χ1n) is 4.67. The lowest BCUT2D eigenvalue weighted by Crippen LogP contribution is -2.34. The second kappa shape index (κ2) is 3.69. The van der Waals surface area contributed by atoms with Crippen molar-refractivity contribution >= 4 is 22.9 Å². The molecule has 5 heteroatoms. The minimum Gasteiger partial charge on any atom is -0.451 e. The van der Waals surface area contributed by atoms with E-state index in [0.29, 0.717) is 5.58 Å². The van der Waals surface area contributed by atoms with Crippen LogP contribution in [0.1, 0.15) is 16.1 Å². The van der Waals surface area contributed by atoms with Gasteiger partial charge in [0.15, 0.2) is 5.76 Å². The Morgan fingerprint density at radius 2 is 2.06 bits per heavy atom. The van der Waals surface area contributed by atoms with E-state index >= 15 is 0 Å². The van der Waals surface area contributed by atoms with Crippen molar-refractivity contribution in [2.24, 2.45) is 5.73 Å². The Hall–Kier alpha value is -2.30. The van der Waals surface area contributed by atoms with Gasteiger partial charge < -0.3 is 10.2 Å². The number of benzene rings is 1. The van der Waals surface area contributed by atoms with Gasteiger partial charge in [-0.1, -0.05) is 11.6 Å². The van der Waals surface area contributed by atoms with Crippen LogP contribution in [0.4, 0.5) is 4.79 Å². The van der Waals surface area contributed by atoms with Crippen molar-refractivity contribution in [1.29, 1.82) is 0 Å². The summed E-state index contributed by atoms with van der Waals surface area (Å²) in [6, 6.07) is 6.20. The first kappa shape index (κ1) is 10.2. The second-order valence-corrected chi connectivity index (χ2v) is 3.47. The van der Waals surface area contributed by atoms with Crippen LogP contribution in [-0.2, 0) is 0 Å². The zero-order valence-electron chi connectivity index (χ0n) is 8.61. The van der Waals surface area contributed by atoms with Gasteiger partial charge in [-0.3, -0.25) is 10.1 Å². The van der Waals surface area contributed by atoms with Crippen LogP contribution >= 0.6 is 0 Å². The monoisotopic (exact) mass is 218 g/mol. The standard InChI is InChI=1S/C11H10N2O3/c1-6-2-3-8-7(4-6)5-9(16-8)10(14)13-11(12)15/h2-5H,1H3,(H3,12,13,14,15). The van der Waals surface area contributed by atoms with E-state index < -0.39 is 11.9 Å². The number of carbonyl (C=O) groups is 2. The molecule has 1 aromatic carbocycles. The molecule has 0 unspecified atom stereocenters. The number of furan rings is 1. The smallest absolute Gasteiger partial charge is 0.319 e. The van der Waals surface area contributed by atoms with Gasteiger partial charge in [-0.2, -0.15) is 0 Å². The number of aryl methyl sites for hydroxylation is 1. The molecule has 0 saturated carbocycles. The van der Waals surface area contributed by atoms with Crippen LogP contribution in [0.5, 0.6) is 0 Å². The van der Waals surface area contributed by atoms with Crippen molar-refractivity contribution in [2.45, 2.75) is 6.92 Å². The molecule has 0 atom stereocenters. The van der Waals surface area contributed by atoms with Crippen molar-refractivity contribution in [1.82, 2.24) is 5.32 Å². The fraction of sp³-hybridized carbons (Fsp3) is 0.0909. The molecule has 0 aliphatic rings. The summed E-state index contributed by atoms with van der Waals surface area (Å²) in [6.45, 7) is 1.94. The van der Waals surface area contributed by atoms with E-state index in [-0.39, 0.29) is 5.76 Å². The summed E-state index contributed by atoms with van der Waals surface area (Å²) in [4.78, 5) is 21.9. The number of nitrogens with two attached hydrogens (primary N) is 1. The molecule has 1 heterocycles. The number of carbonyl (C=O) groups excluding carboxylic acids is 2. The molecule has 3 amide bonds. The highest BCUT2D eigenvalue weighted by atomic mass is 16.3. The molecular formula is C11H10N2O3. The lowest BCUT2D eigenvalue weighted by Gasteiger charge is -1.94. The van der Waals surface area contributed by atoms with E-state index in [1.54, 1.807) is 12.1 Å². The number of nitrogens with one attached hydrogen (secondary N) is 1. The average Bonchev–Trinajstić information content (AvgIpc) is 2.59. The lowest BCUT2D eigenvalue weighted by molar-refractivity contribution is 0.0941. The molecule has 0 aliphatic carbocycles. The largest absolute Gasteiger partial charge is 0.451 e. The molecule has 82 valence electrons. The van der Waals surface area contributed by atoms with E-state index in [1.165, 1.54) is 0 Å². The van der Waals surface area contributed by atoms with Crippen molar-refractivity contribution in [2.75, 3.05) is 0 Å². The molecule has 5 nitrogen and oxygen atoms in total. The van der Waals surface area contributed by atoms with Crippen molar-refractivity contribution < 1.29 is 14.0 Å². The first-order chi connectivity index (χ1) is 7.56. The number of fused-ring (bicyclic) bond motifs is 1. The Bertz CT molecular complexity index is 572. The number of imide groups is 1. The summed E-state index contributed by atoms with van der Waals surface area (Å²) < 4.78 is 5.27. The molecule has 0 fully saturated rings. The van der Waals surface area contributed by atoms with Crippen LogP contribution in [0.3, 0.4) is 0 Å². The number of hydrogen-bond donors (Lipinski definition) is 2. The summed E-state index contributed by atoms with van der Waals surface area (Å²) in [7, 11) is 0. The number of primary amides is 1. The zero-order valence-corrected chi connectivity index (χ0v) is 8.61. The molecule has 0 radical (unpaired) electrons. The number of hydrogen-bond acceptors (Lipinski definition) is 3. The average molecular weight is 218 g/mol.